The zero-order valence-electron chi connectivity index (χ0n) is 12.6. The first-order chi connectivity index (χ1) is 10.7. The summed E-state index contributed by atoms with van der Waals surface area (Å²) in [6.07, 6.45) is 0. The number of benzene rings is 2. The number of ketones is 1. The number of hydrogen-bond acceptors (Lipinski definition) is 3. The molecule has 2 aromatic carbocycles. The minimum Gasteiger partial charge on any atom is -0.295 e. The van der Waals surface area contributed by atoms with Crippen LogP contribution in [0.15, 0.2) is 47.4 Å². The van der Waals surface area contributed by atoms with Crippen LogP contribution in [0.25, 0.3) is 0 Å². The summed E-state index contributed by atoms with van der Waals surface area (Å²) in [5.74, 6) is -0.113. The van der Waals surface area contributed by atoms with Crippen LogP contribution in [0.3, 0.4) is 0 Å². The summed E-state index contributed by atoms with van der Waals surface area (Å²) >= 11 is 11.8. The van der Waals surface area contributed by atoms with E-state index < -0.39 is 10.0 Å². The molecule has 23 heavy (non-hydrogen) atoms. The Morgan fingerprint density at radius 3 is 2.17 bits per heavy atom. The van der Waals surface area contributed by atoms with Gasteiger partial charge in [-0.3, -0.25) is 4.79 Å². The number of rotatable bonds is 5. The summed E-state index contributed by atoms with van der Waals surface area (Å²) in [6.45, 7) is 1.59. The van der Waals surface area contributed by atoms with Gasteiger partial charge in [-0.2, -0.15) is 4.31 Å². The first-order valence-corrected chi connectivity index (χ1v) is 8.92. The smallest absolute Gasteiger partial charge is 0.243 e. The molecule has 0 fully saturated rings. The van der Waals surface area contributed by atoms with Crippen LogP contribution in [0.1, 0.15) is 22.8 Å². The summed E-state index contributed by atoms with van der Waals surface area (Å²) in [5, 5.41) is 0.793. The van der Waals surface area contributed by atoms with Crippen LogP contribution in [-0.4, -0.2) is 25.6 Å². The average molecular weight is 372 g/mol. The summed E-state index contributed by atoms with van der Waals surface area (Å²) in [6, 6.07) is 10.8. The lowest BCUT2D eigenvalue weighted by Gasteiger charge is -2.17. The molecular weight excluding hydrogens is 357 g/mol. The predicted octanol–water partition coefficient (Wildman–Crippen LogP) is 4.02. The van der Waals surface area contributed by atoms with Crippen LogP contribution in [0.4, 0.5) is 0 Å². The van der Waals surface area contributed by atoms with Crippen molar-refractivity contribution in [2.75, 3.05) is 7.05 Å². The monoisotopic (exact) mass is 371 g/mol. The molecule has 4 nitrogen and oxygen atoms in total. The van der Waals surface area contributed by atoms with Gasteiger partial charge < -0.3 is 0 Å². The Morgan fingerprint density at radius 1 is 1.04 bits per heavy atom. The van der Waals surface area contributed by atoms with Crippen molar-refractivity contribution in [1.82, 2.24) is 4.31 Å². The number of sulfonamides is 1. The van der Waals surface area contributed by atoms with E-state index in [1.54, 1.807) is 18.2 Å². The molecular formula is C16H15Cl2NO3S. The average Bonchev–Trinajstić information content (AvgIpc) is 2.51. The lowest BCUT2D eigenvalue weighted by molar-refractivity contribution is 0.101. The molecule has 0 bridgehead atoms. The molecule has 0 atom stereocenters. The summed E-state index contributed by atoms with van der Waals surface area (Å²) < 4.78 is 26.3. The summed E-state index contributed by atoms with van der Waals surface area (Å²) in [7, 11) is -2.17. The van der Waals surface area contributed by atoms with Crippen molar-refractivity contribution in [3.05, 3.63) is 63.6 Å². The van der Waals surface area contributed by atoms with Crippen LogP contribution < -0.4 is 0 Å². The van der Waals surface area contributed by atoms with Crippen molar-refractivity contribution in [1.29, 1.82) is 0 Å². The SMILES string of the molecule is CC(=O)c1ccc(S(=O)(=O)N(C)Cc2ccc(Cl)c(Cl)c2)cc1. The molecule has 0 aliphatic carbocycles. The normalized spacial score (nSPS) is 11.7. The van der Waals surface area contributed by atoms with Gasteiger partial charge in [0.1, 0.15) is 0 Å². The Labute approximate surface area is 145 Å². The fourth-order valence-corrected chi connectivity index (χ4v) is 3.50. The van der Waals surface area contributed by atoms with E-state index in [0.29, 0.717) is 15.6 Å². The quantitative estimate of drug-likeness (QED) is 0.745. The van der Waals surface area contributed by atoms with Crippen LogP contribution in [0.2, 0.25) is 10.0 Å². The Kier molecular flexibility index (Phi) is 5.47. The van der Waals surface area contributed by atoms with Gasteiger partial charge in [0.2, 0.25) is 10.0 Å². The Hall–Kier alpha value is -1.40. The highest BCUT2D eigenvalue weighted by Gasteiger charge is 2.21. The number of carbonyl (C=O) groups is 1. The first-order valence-electron chi connectivity index (χ1n) is 6.73. The molecule has 2 aromatic rings. The minimum atomic E-state index is -3.66. The number of nitrogens with zero attached hydrogens (tertiary/aromatic N) is 1. The molecule has 0 heterocycles. The minimum absolute atomic E-state index is 0.113. The van der Waals surface area contributed by atoms with Gasteiger partial charge in [0.25, 0.3) is 0 Å². The lowest BCUT2D eigenvalue weighted by atomic mass is 10.2. The van der Waals surface area contributed by atoms with Gasteiger partial charge in [-0.1, -0.05) is 41.4 Å². The van der Waals surface area contributed by atoms with E-state index in [9.17, 15) is 13.2 Å². The third-order valence-corrected chi connectivity index (χ3v) is 5.91. The predicted molar refractivity (Wildman–Crippen MR) is 91.6 cm³/mol. The molecule has 122 valence electrons. The second-order valence-electron chi connectivity index (χ2n) is 5.09. The molecule has 0 saturated heterocycles. The third kappa shape index (κ3) is 4.12. The summed E-state index contributed by atoms with van der Waals surface area (Å²) in [5.41, 5.74) is 1.20. The molecule has 0 aliphatic heterocycles. The third-order valence-electron chi connectivity index (χ3n) is 3.36. The molecule has 2 rings (SSSR count). The van der Waals surface area contributed by atoms with E-state index in [-0.39, 0.29) is 17.2 Å². The fourth-order valence-electron chi connectivity index (χ4n) is 2.02. The molecule has 7 heteroatoms. The molecule has 0 N–H and O–H groups in total. The second-order valence-corrected chi connectivity index (χ2v) is 7.95. The largest absolute Gasteiger partial charge is 0.295 e. The van der Waals surface area contributed by atoms with Gasteiger partial charge in [-0.25, -0.2) is 8.42 Å². The van der Waals surface area contributed by atoms with Crippen LogP contribution in [0, 0.1) is 0 Å². The van der Waals surface area contributed by atoms with Crippen molar-refractivity contribution in [2.45, 2.75) is 18.4 Å². The van der Waals surface area contributed by atoms with E-state index >= 15 is 0 Å². The van der Waals surface area contributed by atoms with Crippen LogP contribution >= 0.6 is 23.2 Å². The van der Waals surface area contributed by atoms with Gasteiger partial charge in [0.05, 0.1) is 14.9 Å². The molecule has 0 spiro atoms. The van der Waals surface area contributed by atoms with Gasteiger partial charge in [-0.15, -0.1) is 0 Å². The zero-order valence-corrected chi connectivity index (χ0v) is 14.9. The number of hydrogen-bond donors (Lipinski definition) is 0. The molecule has 0 saturated carbocycles. The van der Waals surface area contributed by atoms with Crippen LogP contribution in [-0.2, 0) is 16.6 Å². The highest BCUT2D eigenvalue weighted by atomic mass is 35.5. The maximum Gasteiger partial charge on any atom is 0.243 e. The lowest BCUT2D eigenvalue weighted by Crippen LogP contribution is -2.26. The van der Waals surface area contributed by atoms with E-state index in [1.807, 2.05) is 0 Å². The highest BCUT2D eigenvalue weighted by molar-refractivity contribution is 7.89. The van der Waals surface area contributed by atoms with E-state index in [4.69, 9.17) is 23.2 Å². The van der Waals surface area contributed by atoms with Gasteiger partial charge >= 0.3 is 0 Å². The van der Waals surface area contributed by atoms with Gasteiger partial charge in [0, 0.05) is 19.2 Å². The van der Waals surface area contributed by atoms with Crippen molar-refractivity contribution < 1.29 is 13.2 Å². The van der Waals surface area contributed by atoms with E-state index in [0.717, 1.165) is 5.56 Å². The number of halogens is 2. The maximum atomic E-state index is 12.6. The first kappa shape index (κ1) is 17.9. The van der Waals surface area contributed by atoms with Gasteiger partial charge in [0.15, 0.2) is 5.78 Å². The van der Waals surface area contributed by atoms with Gasteiger partial charge in [-0.05, 0) is 36.8 Å². The van der Waals surface area contributed by atoms with E-state index in [1.165, 1.54) is 42.5 Å². The summed E-state index contributed by atoms with van der Waals surface area (Å²) in [4.78, 5) is 11.4. The number of Topliss-reactive ketones (excluding diaryl/α,β-unsaturated/α-hetero) is 1. The molecule has 0 radical (unpaired) electrons. The molecule has 0 aromatic heterocycles. The molecule has 0 unspecified atom stereocenters. The molecule has 0 aliphatic rings. The Morgan fingerprint density at radius 2 is 1.65 bits per heavy atom. The Balaban J connectivity index is 2.24. The maximum absolute atomic E-state index is 12.6. The Bertz CT molecular complexity index is 833. The van der Waals surface area contributed by atoms with Crippen molar-refractivity contribution >= 4 is 39.0 Å². The number of carbonyl (C=O) groups excluding carboxylic acids is 1. The van der Waals surface area contributed by atoms with Crippen molar-refractivity contribution in [2.24, 2.45) is 0 Å². The van der Waals surface area contributed by atoms with Crippen LogP contribution in [0.5, 0.6) is 0 Å². The fraction of sp³-hybridized carbons (Fsp3) is 0.188. The van der Waals surface area contributed by atoms with E-state index in [2.05, 4.69) is 0 Å². The van der Waals surface area contributed by atoms with Crippen molar-refractivity contribution in [3.63, 3.8) is 0 Å². The highest BCUT2D eigenvalue weighted by Crippen LogP contribution is 2.24. The topological polar surface area (TPSA) is 54.5 Å². The zero-order chi connectivity index (χ0) is 17.2. The standard InChI is InChI=1S/C16H15Cl2NO3S/c1-11(20)13-4-6-14(7-5-13)23(21,22)19(2)10-12-3-8-15(17)16(18)9-12/h3-9H,10H2,1-2H3. The van der Waals surface area contributed by atoms with Crippen molar-refractivity contribution in [3.8, 4) is 0 Å². The second kappa shape index (κ2) is 7.01. The molecule has 0 amide bonds.